The van der Waals surface area contributed by atoms with Gasteiger partial charge in [-0.2, -0.15) is 0 Å². The Morgan fingerprint density at radius 2 is 2.20 bits per heavy atom. The van der Waals surface area contributed by atoms with Gasteiger partial charge in [-0.15, -0.1) is 5.10 Å². The number of benzene rings is 1. The molecule has 1 unspecified atom stereocenters. The first kappa shape index (κ1) is 13.4. The SMILES string of the molecule is CC1(C)CCC(n2nnnc2-c2cc(Cl)ccc2N)C1. The molecule has 1 aliphatic rings. The average Bonchev–Trinajstić information content (AvgIpc) is 2.98. The maximum Gasteiger partial charge on any atom is 0.184 e. The molecule has 1 aromatic carbocycles. The highest BCUT2D eigenvalue weighted by molar-refractivity contribution is 6.31. The van der Waals surface area contributed by atoms with E-state index in [4.69, 9.17) is 17.3 Å². The third kappa shape index (κ3) is 2.38. The summed E-state index contributed by atoms with van der Waals surface area (Å²) >= 11 is 6.06. The van der Waals surface area contributed by atoms with Crippen LogP contribution in [0.4, 0.5) is 5.69 Å². The molecule has 0 aliphatic heterocycles. The van der Waals surface area contributed by atoms with Crippen LogP contribution in [0.25, 0.3) is 11.4 Å². The summed E-state index contributed by atoms with van der Waals surface area (Å²) in [5.41, 5.74) is 7.81. The van der Waals surface area contributed by atoms with Crippen molar-refractivity contribution in [2.24, 2.45) is 5.41 Å². The van der Waals surface area contributed by atoms with E-state index < -0.39 is 0 Å². The Labute approximate surface area is 123 Å². The third-order valence-electron chi connectivity index (χ3n) is 4.04. The van der Waals surface area contributed by atoms with Crippen molar-refractivity contribution >= 4 is 17.3 Å². The van der Waals surface area contributed by atoms with Crippen molar-refractivity contribution in [2.45, 2.75) is 39.2 Å². The van der Waals surface area contributed by atoms with Gasteiger partial charge in [0.25, 0.3) is 0 Å². The normalized spacial score (nSPS) is 21.2. The van der Waals surface area contributed by atoms with Crippen molar-refractivity contribution in [2.75, 3.05) is 5.73 Å². The molecule has 0 radical (unpaired) electrons. The summed E-state index contributed by atoms with van der Waals surface area (Å²) in [6, 6.07) is 5.70. The van der Waals surface area contributed by atoms with E-state index >= 15 is 0 Å². The second-order valence-electron chi connectivity index (χ2n) is 6.24. The fourth-order valence-corrected chi connectivity index (χ4v) is 3.12. The predicted octanol–water partition coefficient (Wildman–Crippen LogP) is 3.33. The quantitative estimate of drug-likeness (QED) is 0.862. The summed E-state index contributed by atoms with van der Waals surface area (Å²) in [5, 5.41) is 12.8. The van der Waals surface area contributed by atoms with Crippen LogP contribution in [0.3, 0.4) is 0 Å². The van der Waals surface area contributed by atoms with Crippen LogP contribution >= 0.6 is 11.6 Å². The number of nitrogens with zero attached hydrogens (tertiary/aromatic N) is 4. The highest BCUT2D eigenvalue weighted by Crippen LogP contribution is 2.44. The monoisotopic (exact) mass is 291 g/mol. The van der Waals surface area contributed by atoms with Gasteiger partial charge in [0, 0.05) is 16.3 Å². The van der Waals surface area contributed by atoms with Crippen LogP contribution in [-0.4, -0.2) is 20.2 Å². The van der Waals surface area contributed by atoms with E-state index in [1.165, 1.54) is 6.42 Å². The Hall–Kier alpha value is -1.62. The van der Waals surface area contributed by atoms with Crippen molar-refractivity contribution in [1.82, 2.24) is 20.2 Å². The van der Waals surface area contributed by atoms with Crippen LogP contribution in [0.15, 0.2) is 18.2 Å². The number of hydrogen-bond acceptors (Lipinski definition) is 4. The van der Waals surface area contributed by atoms with Gasteiger partial charge in [-0.25, -0.2) is 4.68 Å². The predicted molar refractivity (Wildman–Crippen MR) is 79.3 cm³/mol. The maximum absolute atomic E-state index is 6.06. The van der Waals surface area contributed by atoms with Gasteiger partial charge in [0.2, 0.25) is 0 Å². The first-order valence-electron chi connectivity index (χ1n) is 6.79. The number of rotatable bonds is 2. The summed E-state index contributed by atoms with van der Waals surface area (Å²) in [6.07, 6.45) is 3.35. The molecule has 2 N–H and O–H groups in total. The Bertz CT molecular complexity index is 634. The molecule has 0 spiro atoms. The van der Waals surface area contributed by atoms with Crippen LogP contribution in [0.1, 0.15) is 39.2 Å². The number of tetrazole rings is 1. The second-order valence-corrected chi connectivity index (χ2v) is 6.68. The molecule has 1 heterocycles. The molecule has 5 nitrogen and oxygen atoms in total. The molecule has 1 aliphatic carbocycles. The van der Waals surface area contributed by atoms with Gasteiger partial charge in [-0.3, -0.25) is 0 Å². The molecule has 3 rings (SSSR count). The number of aromatic nitrogens is 4. The number of hydrogen-bond donors (Lipinski definition) is 1. The molecule has 2 aromatic rings. The average molecular weight is 292 g/mol. The van der Waals surface area contributed by atoms with E-state index in [0.29, 0.717) is 28.0 Å². The largest absolute Gasteiger partial charge is 0.398 e. The third-order valence-corrected chi connectivity index (χ3v) is 4.27. The number of halogens is 1. The Balaban J connectivity index is 2.01. The highest BCUT2D eigenvalue weighted by Gasteiger charge is 2.34. The summed E-state index contributed by atoms with van der Waals surface area (Å²) in [7, 11) is 0. The van der Waals surface area contributed by atoms with Crippen molar-refractivity contribution in [3.63, 3.8) is 0 Å². The molecular weight excluding hydrogens is 274 g/mol. The van der Waals surface area contributed by atoms with Gasteiger partial charge >= 0.3 is 0 Å². The van der Waals surface area contributed by atoms with E-state index in [0.717, 1.165) is 18.4 Å². The lowest BCUT2D eigenvalue weighted by Gasteiger charge is -2.17. The van der Waals surface area contributed by atoms with Gasteiger partial charge in [0.15, 0.2) is 5.82 Å². The molecule has 0 bridgehead atoms. The molecule has 0 amide bonds. The second kappa shape index (κ2) is 4.74. The van der Waals surface area contributed by atoms with Crippen LogP contribution in [0.5, 0.6) is 0 Å². The van der Waals surface area contributed by atoms with Crippen LogP contribution < -0.4 is 5.73 Å². The fraction of sp³-hybridized carbons (Fsp3) is 0.500. The van der Waals surface area contributed by atoms with Crippen molar-refractivity contribution in [3.05, 3.63) is 23.2 Å². The van der Waals surface area contributed by atoms with Crippen LogP contribution in [0.2, 0.25) is 5.02 Å². The molecular formula is C14H18ClN5. The van der Waals surface area contributed by atoms with E-state index in [1.807, 2.05) is 10.7 Å². The summed E-state index contributed by atoms with van der Waals surface area (Å²) in [5.74, 6) is 0.702. The highest BCUT2D eigenvalue weighted by atomic mass is 35.5. The summed E-state index contributed by atoms with van der Waals surface area (Å²) < 4.78 is 1.90. The molecule has 1 atom stereocenters. The lowest BCUT2D eigenvalue weighted by Crippen LogP contribution is -2.12. The first-order chi connectivity index (χ1) is 9.46. The zero-order chi connectivity index (χ0) is 14.3. The molecule has 6 heteroatoms. The minimum absolute atomic E-state index is 0.327. The van der Waals surface area contributed by atoms with Gasteiger partial charge in [-0.05, 0) is 53.3 Å². The Morgan fingerprint density at radius 1 is 1.40 bits per heavy atom. The van der Waals surface area contributed by atoms with Gasteiger partial charge in [-0.1, -0.05) is 25.4 Å². The lowest BCUT2D eigenvalue weighted by atomic mass is 9.92. The Kier molecular flexibility index (Phi) is 3.17. The van der Waals surface area contributed by atoms with Gasteiger partial charge < -0.3 is 5.73 Å². The molecule has 20 heavy (non-hydrogen) atoms. The minimum atomic E-state index is 0.327. The van der Waals surface area contributed by atoms with E-state index in [1.54, 1.807) is 12.1 Å². The smallest absolute Gasteiger partial charge is 0.184 e. The first-order valence-corrected chi connectivity index (χ1v) is 7.17. The van der Waals surface area contributed by atoms with Crippen molar-refractivity contribution < 1.29 is 0 Å². The molecule has 1 fully saturated rings. The molecule has 1 aromatic heterocycles. The molecule has 106 valence electrons. The fourth-order valence-electron chi connectivity index (χ4n) is 2.95. The Morgan fingerprint density at radius 3 is 2.90 bits per heavy atom. The summed E-state index contributed by atoms with van der Waals surface area (Å²) in [6.45, 7) is 4.57. The van der Waals surface area contributed by atoms with Crippen LogP contribution in [-0.2, 0) is 0 Å². The standard InChI is InChI=1S/C14H18ClN5/c1-14(2)6-5-10(8-14)20-13(17-18-19-20)11-7-9(15)3-4-12(11)16/h3-4,7,10H,5-6,8,16H2,1-2H3. The van der Waals surface area contributed by atoms with Crippen LogP contribution in [0, 0.1) is 5.41 Å². The number of anilines is 1. The lowest BCUT2D eigenvalue weighted by molar-refractivity contribution is 0.349. The van der Waals surface area contributed by atoms with Gasteiger partial charge in [0.05, 0.1) is 6.04 Å². The number of nitrogens with two attached hydrogens (primary N) is 1. The summed E-state index contributed by atoms with van der Waals surface area (Å²) in [4.78, 5) is 0. The molecule has 1 saturated carbocycles. The van der Waals surface area contributed by atoms with E-state index in [9.17, 15) is 0 Å². The van der Waals surface area contributed by atoms with Crippen molar-refractivity contribution in [3.8, 4) is 11.4 Å². The maximum atomic E-state index is 6.06. The zero-order valence-corrected chi connectivity index (χ0v) is 12.4. The van der Waals surface area contributed by atoms with Crippen molar-refractivity contribution in [1.29, 1.82) is 0 Å². The van der Waals surface area contributed by atoms with E-state index in [2.05, 4.69) is 29.4 Å². The topological polar surface area (TPSA) is 69.6 Å². The van der Waals surface area contributed by atoms with Gasteiger partial charge in [0.1, 0.15) is 0 Å². The van der Waals surface area contributed by atoms with E-state index in [-0.39, 0.29) is 0 Å². The minimum Gasteiger partial charge on any atom is -0.398 e. The molecule has 0 saturated heterocycles. The number of nitrogen functional groups attached to an aromatic ring is 1. The zero-order valence-electron chi connectivity index (χ0n) is 11.7.